The van der Waals surface area contributed by atoms with Crippen molar-refractivity contribution in [2.45, 2.75) is 45.2 Å². The number of rotatable bonds is 6. The van der Waals surface area contributed by atoms with Crippen molar-refractivity contribution in [1.82, 2.24) is 9.78 Å². The van der Waals surface area contributed by atoms with Crippen molar-refractivity contribution >= 4 is 15.9 Å². The van der Waals surface area contributed by atoms with E-state index in [1.807, 2.05) is 23.0 Å². The van der Waals surface area contributed by atoms with E-state index >= 15 is 0 Å². The van der Waals surface area contributed by atoms with Gasteiger partial charge in [0.1, 0.15) is 5.82 Å². The molecular weight excluding hydrogens is 333 g/mol. The predicted octanol–water partition coefficient (Wildman–Crippen LogP) is 4.39. The molecule has 0 saturated carbocycles. The van der Waals surface area contributed by atoms with Crippen LogP contribution in [0.25, 0.3) is 0 Å². The van der Waals surface area contributed by atoms with Gasteiger partial charge in [0.25, 0.3) is 0 Å². The molecule has 0 aliphatic rings. The summed E-state index contributed by atoms with van der Waals surface area (Å²) in [7, 11) is 0. The van der Waals surface area contributed by atoms with Gasteiger partial charge in [0.15, 0.2) is 0 Å². The lowest BCUT2D eigenvalue weighted by atomic mass is 10.0. The number of hydrogen-bond donors (Lipinski definition) is 1. The van der Waals surface area contributed by atoms with Crippen LogP contribution in [0.3, 0.4) is 0 Å². The zero-order valence-electron chi connectivity index (χ0n) is 12.4. The van der Waals surface area contributed by atoms with Gasteiger partial charge < -0.3 is 5.73 Å². The van der Waals surface area contributed by atoms with Crippen LogP contribution in [0.15, 0.2) is 34.9 Å². The Hall–Kier alpha value is -1.20. The van der Waals surface area contributed by atoms with E-state index < -0.39 is 0 Å². The molecule has 21 heavy (non-hydrogen) atoms. The molecule has 1 aromatic heterocycles. The monoisotopic (exact) mass is 353 g/mol. The quantitative estimate of drug-likeness (QED) is 0.836. The molecule has 2 rings (SSSR count). The van der Waals surface area contributed by atoms with Crippen LogP contribution in [-0.4, -0.2) is 9.78 Å². The zero-order valence-corrected chi connectivity index (χ0v) is 14.0. The molecule has 3 nitrogen and oxygen atoms in total. The maximum atomic E-state index is 13.6. The number of nitrogens with zero attached hydrogens (tertiary/aromatic N) is 2. The molecule has 1 heterocycles. The van der Waals surface area contributed by atoms with E-state index in [-0.39, 0.29) is 11.9 Å². The van der Waals surface area contributed by atoms with Crippen molar-refractivity contribution in [3.8, 4) is 0 Å². The Balaban J connectivity index is 2.08. The molecule has 0 radical (unpaired) electrons. The summed E-state index contributed by atoms with van der Waals surface area (Å²) in [6, 6.07) is 7.18. The van der Waals surface area contributed by atoms with Crippen LogP contribution in [0.4, 0.5) is 4.39 Å². The average Bonchev–Trinajstić information content (AvgIpc) is 2.91. The van der Waals surface area contributed by atoms with Gasteiger partial charge in [0.05, 0.1) is 16.2 Å². The van der Waals surface area contributed by atoms with Crippen LogP contribution in [0.5, 0.6) is 0 Å². The Bertz CT molecular complexity index is 593. The van der Waals surface area contributed by atoms with Crippen LogP contribution in [0.1, 0.15) is 50.0 Å². The summed E-state index contributed by atoms with van der Waals surface area (Å²) in [6.45, 7) is 4.32. The van der Waals surface area contributed by atoms with E-state index in [2.05, 4.69) is 34.9 Å². The van der Waals surface area contributed by atoms with Crippen molar-refractivity contribution in [3.63, 3.8) is 0 Å². The molecule has 1 atom stereocenters. The van der Waals surface area contributed by atoms with Gasteiger partial charge in [0.2, 0.25) is 0 Å². The van der Waals surface area contributed by atoms with E-state index in [0.717, 1.165) is 24.1 Å². The van der Waals surface area contributed by atoms with Gasteiger partial charge in [-0.05, 0) is 52.5 Å². The Kier molecular flexibility index (Phi) is 5.53. The molecule has 0 aliphatic carbocycles. The van der Waals surface area contributed by atoms with E-state index in [1.165, 1.54) is 6.07 Å². The summed E-state index contributed by atoms with van der Waals surface area (Å²) < 4.78 is 16.0. The largest absolute Gasteiger partial charge is 0.324 e. The highest BCUT2D eigenvalue weighted by molar-refractivity contribution is 9.10. The molecule has 2 aromatic rings. The minimum atomic E-state index is -0.287. The standard InChI is InChI=1S/C16H21BrFN3/c1-3-13(4-2)21-8-7-12(20-21)10-16(19)11-5-6-14(17)15(18)9-11/h5-9,13,16H,3-4,10,19H2,1-2H3. The first-order valence-corrected chi connectivity index (χ1v) is 8.09. The molecular formula is C16H21BrFN3. The van der Waals surface area contributed by atoms with Gasteiger partial charge in [-0.1, -0.05) is 19.9 Å². The van der Waals surface area contributed by atoms with Crippen molar-refractivity contribution in [3.05, 3.63) is 52.0 Å². The Morgan fingerprint density at radius 1 is 1.29 bits per heavy atom. The molecule has 0 fully saturated rings. The summed E-state index contributed by atoms with van der Waals surface area (Å²) in [5.41, 5.74) is 7.89. The van der Waals surface area contributed by atoms with Crippen LogP contribution < -0.4 is 5.73 Å². The lowest BCUT2D eigenvalue weighted by molar-refractivity contribution is 0.424. The third-order valence-corrected chi connectivity index (χ3v) is 4.42. The predicted molar refractivity (Wildman–Crippen MR) is 86.6 cm³/mol. The zero-order chi connectivity index (χ0) is 15.4. The van der Waals surface area contributed by atoms with Crippen LogP contribution in [0, 0.1) is 5.82 Å². The normalized spacial score (nSPS) is 12.9. The van der Waals surface area contributed by atoms with E-state index in [4.69, 9.17) is 5.73 Å². The third-order valence-electron chi connectivity index (χ3n) is 3.78. The molecule has 0 aliphatic heterocycles. The number of halogens is 2. The molecule has 0 amide bonds. The lowest BCUT2D eigenvalue weighted by Crippen LogP contribution is -2.15. The minimum Gasteiger partial charge on any atom is -0.324 e. The second kappa shape index (κ2) is 7.18. The average molecular weight is 354 g/mol. The SMILES string of the molecule is CCC(CC)n1ccc(CC(N)c2ccc(Br)c(F)c2)n1. The topological polar surface area (TPSA) is 43.8 Å². The van der Waals surface area contributed by atoms with Gasteiger partial charge in [-0.2, -0.15) is 5.10 Å². The number of aromatic nitrogens is 2. The smallest absolute Gasteiger partial charge is 0.137 e. The van der Waals surface area contributed by atoms with E-state index in [0.29, 0.717) is 16.9 Å². The highest BCUT2D eigenvalue weighted by Crippen LogP contribution is 2.22. The van der Waals surface area contributed by atoms with Gasteiger partial charge in [-0.15, -0.1) is 0 Å². The highest BCUT2D eigenvalue weighted by atomic mass is 79.9. The molecule has 1 unspecified atom stereocenters. The van der Waals surface area contributed by atoms with Gasteiger partial charge >= 0.3 is 0 Å². The van der Waals surface area contributed by atoms with E-state index in [9.17, 15) is 4.39 Å². The maximum absolute atomic E-state index is 13.6. The summed E-state index contributed by atoms with van der Waals surface area (Å²) in [4.78, 5) is 0. The summed E-state index contributed by atoms with van der Waals surface area (Å²) in [5.74, 6) is -0.287. The summed E-state index contributed by atoms with van der Waals surface area (Å²) in [5, 5.41) is 4.59. The van der Waals surface area contributed by atoms with Crippen molar-refractivity contribution in [1.29, 1.82) is 0 Å². The Labute approximate surface area is 133 Å². The molecule has 0 spiro atoms. The first-order chi connectivity index (χ1) is 10.0. The van der Waals surface area contributed by atoms with Gasteiger partial charge in [0, 0.05) is 18.7 Å². The Morgan fingerprint density at radius 3 is 2.62 bits per heavy atom. The fraction of sp³-hybridized carbons (Fsp3) is 0.438. The molecule has 0 saturated heterocycles. The lowest BCUT2D eigenvalue weighted by Gasteiger charge is -2.13. The molecule has 5 heteroatoms. The molecule has 1 aromatic carbocycles. The van der Waals surface area contributed by atoms with Gasteiger partial charge in [-0.25, -0.2) is 4.39 Å². The van der Waals surface area contributed by atoms with Crippen molar-refractivity contribution in [2.24, 2.45) is 5.73 Å². The third kappa shape index (κ3) is 3.92. The maximum Gasteiger partial charge on any atom is 0.137 e. The van der Waals surface area contributed by atoms with E-state index in [1.54, 1.807) is 6.07 Å². The number of hydrogen-bond acceptors (Lipinski definition) is 2. The molecule has 0 bridgehead atoms. The van der Waals surface area contributed by atoms with Crippen LogP contribution in [0.2, 0.25) is 0 Å². The van der Waals surface area contributed by atoms with Crippen LogP contribution in [-0.2, 0) is 6.42 Å². The van der Waals surface area contributed by atoms with Crippen LogP contribution >= 0.6 is 15.9 Å². The van der Waals surface area contributed by atoms with Crippen molar-refractivity contribution < 1.29 is 4.39 Å². The molecule has 2 N–H and O–H groups in total. The number of benzene rings is 1. The fourth-order valence-electron chi connectivity index (χ4n) is 2.44. The summed E-state index contributed by atoms with van der Waals surface area (Å²) >= 11 is 3.15. The first kappa shape index (κ1) is 16.2. The fourth-order valence-corrected chi connectivity index (χ4v) is 2.69. The van der Waals surface area contributed by atoms with Crippen molar-refractivity contribution in [2.75, 3.05) is 0 Å². The minimum absolute atomic E-state index is 0.252. The molecule has 114 valence electrons. The summed E-state index contributed by atoms with van der Waals surface area (Å²) in [6.07, 6.45) is 4.72. The first-order valence-electron chi connectivity index (χ1n) is 7.29. The number of nitrogens with two attached hydrogens (primary N) is 1. The second-order valence-corrected chi connectivity index (χ2v) is 6.10. The highest BCUT2D eigenvalue weighted by Gasteiger charge is 2.13. The second-order valence-electron chi connectivity index (χ2n) is 5.24. The van der Waals surface area contributed by atoms with Gasteiger partial charge in [-0.3, -0.25) is 4.68 Å². The Morgan fingerprint density at radius 2 is 2.00 bits per heavy atom.